The number of hydrogen-bond donors (Lipinski definition) is 0. The Morgan fingerprint density at radius 1 is 0.542 bits per heavy atom. The first-order chi connectivity index (χ1) is 11.9. The smallest absolute Gasteiger partial charge is 0.0620 e. The summed E-state index contributed by atoms with van der Waals surface area (Å²) in [6.07, 6.45) is 6.22. The SMILES string of the molecule is C1=C([P+](c2ccccc2)(c2ccccc2)c2ccccc2)CCC1. The van der Waals surface area contributed by atoms with Crippen LogP contribution in [0, 0.1) is 0 Å². The van der Waals surface area contributed by atoms with Crippen molar-refractivity contribution in [3.63, 3.8) is 0 Å². The summed E-state index contributed by atoms with van der Waals surface area (Å²) in [5.41, 5.74) is 0. The highest BCUT2D eigenvalue weighted by atomic mass is 31.2. The molecule has 0 bridgehead atoms. The molecule has 24 heavy (non-hydrogen) atoms. The second-order valence-corrected chi connectivity index (χ2v) is 9.73. The van der Waals surface area contributed by atoms with Gasteiger partial charge >= 0.3 is 0 Å². The maximum absolute atomic E-state index is 2.51. The van der Waals surface area contributed by atoms with Crippen molar-refractivity contribution in [1.29, 1.82) is 0 Å². The molecule has 0 spiro atoms. The summed E-state index contributed by atoms with van der Waals surface area (Å²) in [5, 5.41) is 6.05. The van der Waals surface area contributed by atoms with E-state index < -0.39 is 7.26 Å². The zero-order valence-corrected chi connectivity index (χ0v) is 14.7. The Kier molecular flexibility index (Phi) is 4.32. The van der Waals surface area contributed by atoms with Gasteiger partial charge in [0.2, 0.25) is 0 Å². The highest BCUT2D eigenvalue weighted by Gasteiger charge is 2.49. The molecule has 0 fully saturated rings. The molecule has 0 atom stereocenters. The van der Waals surface area contributed by atoms with Crippen LogP contribution in [0.25, 0.3) is 0 Å². The normalized spacial score (nSPS) is 14.4. The molecule has 0 heterocycles. The molecule has 0 amide bonds. The van der Waals surface area contributed by atoms with Crippen molar-refractivity contribution in [3.05, 3.63) is 102 Å². The van der Waals surface area contributed by atoms with Gasteiger partial charge in [-0.15, -0.1) is 0 Å². The molecule has 0 aliphatic heterocycles. The van der Waals surface area contributed by atoms with Gasteiger partial charge in [0, 0.05) is 6.42 Å². The first-order valence-corrected chi connectivity index (χ1v) is 10.5. The van der Waals surface area contributed by atoms with Gasteiger partial charge in [0.05, 0.1) is 5.31 Å². The summed E-state index contributed by atoms with van der Waals surface area (Å²) in [4.78, 5) is 0. The molecule has 0 nitrogen and oxygen atoms in total. The summed E-state index contributed by atoms with van der Waals surface area (Å²) in [6.45, 7) is 0. The van der Waals surface area contributed by atoms with Crippen molar-refractivity contribution in [2.45, 2.75) is 19.3 Å². The molecule has 4 rings (SSSR count). The molecule has 0 aromatic heterocycles. The van der Waals surface area contributed by atoms with Crippen molar-refractivity contribution in [2.75, 3.05) is 0 Å². The zero-order chi connectivity index (χ0) is 16.2. The van der Waals surface area contributed by atoms with E-state index in [1.807, 2.05) is 0 Å². The fraction of sp³-hybridized carbons (Fsp3) is 0.130. The molecule has 1 aliphatic carbocycles. The van der Waals surface area contributed by atoms with E-state index >= 15 is 0 Å². The van der Waals surface area contributed by atoms with Gasteiger partial charge < -0.3 is 0 Å². The van der Waals surface area contributed by atoms with Crippen LogP contribution in [0.5, 0.6) is 0 Å². The van der Waals surface area contributed by atoms with E-state index in [1.54, 1.807) is 5.31 Å². The summed E-state index contributed by atoms with van der Waals surface area (Å²) in [7, 11) is -1.74. The molecule has 0 saturated heterocycles. The molecule has 118 valence electrons. The minimum Gasteiger partial charge on any atom is -0.0620 e. The van der Waals surface area contributed by atoms with Crippen LogP contribution in [-0.2, 0) is 0 Å². The van der Waals surface area contributed by atoms with Gasteiger partial charge in [-0.3, -0.25) is 0 Å². The van der Waals surface area contributed by atoms with Crippen molar-refractivity contribution < 1.29 is 0 Å². The summed E-state index contributed by atoms with van der Waals surface area (Å²) >= 11 is 0. The van der Waals surface area contributed by atoms with Crippen molar-refractivity contribution >= 4 is 23.2 Å². The van der Waals surface area contributed by atoms with Crippen LogP contribution in [0.15, 0.2) is 102 Å². The average molecular weight is 329 g/mol. The minimum absolute atomic E-state index is 1.21. The highest BCUT2D eigenvalue weighted by molar-refractivity contribution is 7.99. The van der Waals surface area contributed by atoms with Crippen LogP contribution < -0.4 is 15.9 Å². The molecular formula is C23H22P+. The number of allylic oxidation sites excluding steroid dienone is 2. The lowest BCUT2D eigenvalue weighted by molar-refractivity contribution is 0.924. The molecule has 1 heteroatoms. The Labute approximate surface area is 145 Å². The molecule has 0 saturated carbocycles. The lowest BCUT2D eigenvalue weighted by atomic mass is 10.3. The second-order valence-electron chi connectivity index (χ2n) is 6.27. The summed E-state index contributed by atoms with van der Waals surface area (Å²) in [5.74, 6) is 0. The third-order valence-corrected chi connectivity index (χ3v) is 9.36. The average Bonchev–Trinajstić information content (AvgIpc) is 3.20. The number of hydrogen-bond acceptors (Lipinski definition) is 0. The Morgan fingerprint density at radius 2 is 0.958 bits per heavy atom. The Balaban J connectivity index is 2.07. The van der Waals surface area contributed by atoms with Gasteiger partial charge in [-0.2, -0.15) is 0 Å². The van der Waals surface area contributed by atoms with Crippen LogP contribution in [-0.4, -0.2) is 0 Å². The van der Waals surface area contributed by atoms with E-state index in [9.17, 15) is 0 Å². The van der Waals surface area contributed by atoms with E-state index in [-0.39, 0.29) is 0 Å². The van der Waals surface area contributed by atoms with E-state index in [0.717, 1.165) is 0 Å². The standard InChI is InChI=1S/C23H22P/c1-4-12-20(13-5-1)24(23-18-10-11-19-23,21-14-6-2-7-15-21)22-16-8-3-9-17-22/h1-9,12-18H,10-11,19H2/q+1. The van der Waals surface area contributed by atoms with Crippen molar-refractivity contribution in [3.8, 4) is 0 Å². The molecule has 3 aromatic carbocycles. The predicted molar refractivity (Wildman–Crippen MR) is 107 cm³/mol. The lowest BCUT2D eigenvalue weighted by Crippen LogP contribution is -2.32. The molecule has 0 unspecified atom stereocenters. The first kappa shape index (κ1) is 15.4. The maximum atomic E-state index is 2.51. The molecular weight excluding hydrogens is 307 g/mol. The van der Waals surface area contributed by atoms with Crippen LogP contribution in [0.4, 0.5) is 0 Å². The van der Waals surface area contributed by atoms with E-state index in [1.165, 1.54) is 35.2 Å². The molecule has 3 aromatic rings. The van der Waals surface area contributed by atoms with E-state index in [0.29, 0.717) is 0 Å². The minimum atomic E-state index is -1.74. The zero-order valence-electron chi connectivity index (χ0n) is 13.8. The lowest BCUT2D eigenvalue weighted by Gasteiger charge is -2.28. The number of benzene rings is 3. The van der Waals surface area contributed by atoms with Gasteiger partial charge in [-0.05, 0) is 55.3 Å². The predicted octanol–water partition coefficient (Wildman–Crippen LogP) is 5.05. The topological polar surface area (TPSA) is 0 Å². The Bertz CT molecular complexity index is 723. The van der Waals surface area contributed by atoms with Gasteiger partial charge in [0.1, 0.15) is 23.2 Å². The Hall–Kier alpha value is -2.17. The third-order valence-electron chi connectivity index (χ3n) is 4.88. The largest absolute Gasteiger partial charge is 0.139 e. The highest BCUT2D eigenvalue weighted by Crippen LogP contribution is 2.65. The molecule has 0 radical (unpaired) electrons. The van der Waals surface area contributed by atoms with Crippen molar-refractivity contribution in [1.82, 2.24) is 0 Å². The fourth-order valence-corrected chi connectivity index (χ4v) is 8.50. The van der Waals surface area contributed by atoms with Crippen molar-refractivity contribution in [2.24, 2.45) is 0 Å². The second kappa shape index (κ2) is 6.75. The quantitative estimate of drug-likeness (QED) is 0.588. The van der Waals surface area contributed by atoms with Gasteiger partial charge in [-0.1, -0.05) is 54.6 Å². The first-order valence-electron chi connectivity index (χ1n) is 8.68. The van der Waals surface area contributed by atoms with E-state index in [4.69, 9.17) is 0 Å². The Morgan fingerprint density at radius 3 is 1.29 bits per heavy atom. The van der Waals surface area contributed by atoms with Crippen LogP contribution in [0.3, 0.4) is 0 Å². The molecule has 0 N–H and O–H groups in total. The van der Waals surface area contributed by atoms with Gasteiger partial charge in [-0.25, -0.2) is 0 Å². The summed E-state index contributed by atoms with van der Waals surface area (Å²) < 4.78 is 0. The van der Waals surface area contributed by atoms with Crippen LogP contribution >= 0.6 is 7.26 Å². The number of rotatable bonds is 4. The van der Waals surface area contributed by atoms with Crippen LogP contribution in [0.2, 0.25) is 0 Å². The molecule has 1 aliphatic rings. The maximum Gasteiger partial charge on any atom is 0.139 e. The van der Waals surface area contributed by atoms with Gasteiger partial charge in [0.15, 0.2) is 0 Å². The fourth-order valence-electron chi connectivity index (χ4n) is 3.86. The van der Waals surface area contributed by atoms with Crippen LogP contribution in [0.1, 0.15) is 19.3 Å². The third kappa shape index (κ3) is 2.52. The summed E-state index contributed by atoms with van der Waals surface area (Å²) in [6, 6.07) is 33.4. The van der Waals surface area contributed by atoms with E-state index in [2.05, 4.69) is 97.1 Å². The van der Waals surface area contributed by atoms with Gasteiger partial charge in [0.25, 0.3) is 0 Å². The monoisotopic (exact) mass is 329 g/mol.